The average molecular weight is 466 g/mol. The van der Waals surface area contributed by atoms with E-state index in [9.17, 15) is 18.0 Å². The number of carbonyl (C=O) groups excluding carboxylic acids is 2. The van der Waals surface area contributed by atoms with Crippen molar-refractivity contribution in [1.82, 2.24) is 14.5 Å². The third-order valence-electron chi connectivity index (χ3n) is 5.00. The van der Waals surface area contributed by atoms with Crippen LogP contribution in [-0.4, -0.2) is 55.6 Å². The summed E-state index contributed by atoms with van der Waals surface area (Å²) >= 11 is 5.84. The molecule has 1 atom stereocenters. The number of amides is 2. The molecule has 1 N–H and O–H groups in total. The molecule has 0 spiro atoms. The Labute approximate surface area is 189 Å². The molecule has 0 aliphatic rings. The first-order chi connectivity index (χ1) is 14.6. The minimum atomic E-state index is -3.89. The number of hydrogen-bond acceptors (Lipinski definition) is 4. The molecular formula is C22H28ClN3O4S. The lowest BCUT2D eigenvalue weighted by molar-refractivity contribution is -0.140. The van der Waals surface area contributed by atoms with E-state index in [-0.39, 0.29) is 17.3 Å². The molecular weight excluding hydrogens is 438 g/mol. The molecule has 2 aromatic rings. The zero-order chi connectivity index (χ0) is 23.2. The topological polar surface area (TPSA) is 86.8 Å². The summed E-state index contributed by atoms with van der Waals surface area (Å²) in [4.78, 5) is 27.1. The Hall–Kier alpha value is -2.42. The molecule has 2 rings (SSSR count). The molecule has 31 heavy (non-hydrogen) atoms. The Morgan fingerprint density at radius 1 is 1.10 bits per heavy atom. The van der Waals surface area contributed by atoms with Gasteiger partial charge >= 0.3 is 0 Å². The van der Waals surface area contributed by atoms with Gasteiger partial charge in [0.2, 0.25) is 21.8 Å². The van der Waals surface area contributed by atoms with Crippen LogP contribution in [0.25, 0.3) is 0 Å². The van der Waals surface area contributed by atoms with Crippen LogP contribution in [0, 0.1) is 6.92 Å². The highest BCUT2D eigenvalue weighted by Gasteiger charge is 2.30. The van der Waals surface area contributed by atoms with Gasteiger partial charge in [-0.3, -0.25) is 9.59 Å². The minimum absolute atomic E-state index is 0.0365. The van der Waals surface area contributed by atoms with Crippen molar-refractivity contribution in [3.8, 4) is 0 Å². The van der Waals surface area contributed by atoms with Crippen molar-refractivity contribution in [2.45, 2.75) is 38.3 Å². The molecule has 0 bridgehead atoms. The second kappa shape index (κ2) is 10.7. The zero-order valence-corrected chi connectivity index (χ0v) is 19.7. The van der Waals surface area contributed by atoms with Crippen molar-refractivity contribution in [3.05, 3.63) is 64.7 Å². The van der Waals surface area contributed by atoms with E-state index in [0.717, 1.165) is 15.4 Å². The highest BCUT2D eigenvalue weighted by Crippen LogP contribution is 2.19. The van der Waals surface area contributed by atoms with E-state index in [4.69, 9.17) is 11.6 Å². The Balaban J connectivity index is 2.28. The van der Waals surface area contributed by atoms with Gasteiger partial charge < -0.3 is 10.2 Å². The van der Waals surface area contributed by atoms with Crippen molar-refractivity contribution in [3.63, 3.8) is 0 Å². The van der Waals surface area contributed by atoms with Crippen molar-refractivity contribution in [2.24, 2.45) is 0 Å². The largest absolute Gasteiger partial charge is 0.355 e. The first-order valence-electron chi connectivity index (χ1n) is 9.91. The third kappa shape index (κ3) is 6.29. The standard InChI is InChI=1S/C22H28ClN3O4S/c1-5-24-22(28)17(3)26(14-18-9-7-6-8-16(18)2)21(27)15-25(4)31(29,30)20-12-10-19(23)11-13-20/h6-13,17H,5,14-15H2,1-4H3,(H,24,28). The molecule has 7 nitrogen and oxygen atoms in total. The number of aryl methyl sites for hydroxylation is 1. The summed E-state index contributed by atoms with van der Waals surface area (Å²) in [7, 11) is -2.56. The number of benzene rings is 2. The molecule has 0 radical (unpaired) electrons. The van der Waals surface area contributed by atoms with Gasteiger partial charge in [0.25, 0.3) is 0 Å². The molecule has 0 aromatic heterocycles. The van der Waals surface area contributed by atoms with Crippen LogP contribution in [0.2, 0.25) is 5.02 Å². The van der Waals surface area contributed by atoms with Gasteiger partial charge in [-0.05, 0) is 56.2 Å². The van der Waals surface area contributed by atoms with E-state index in [1.165, 1.54) is 36.2 Å². The van der Waals surface area contributed by atoms with E-state index in [1.807, 2.05) is 31.2 Å². The molecule has 9 heteroatoms. The molecule has 1 unspecified atom stereocenters. The molecule has 0 heterocycles. The first-order valence-corrected chi connectivity index (χ1v) is 11.7. The van der Waals surface area contributed by atoms with Gasteiger partial charge in [-0.2, -0.15) is 4.31 Å². The highest BCUT2D eigenvalue weighted by molar-refractivity contribution is 7.89. The predicted molar refractivity (Wildman–Crippen MR) is 121 cm³/mol. The molecule has 0 saturated heterocycles. The maximum absolute atomic E-state index is 13.2. The SMILES string of the molecule is CCNC(=O)C(C)N(Cc1ccccc1C)C(=O)CN(C)S(=O)(=O)c1ccc(Cl)cc1. The molecule has 168 valence electrons. The number of carbonyl (C=O) groups is 2. The normalized spacial score (nSPS) is 12.5. The summed E-state index contributed by atoms with van der Waals surface area (Å²) in [5.74, 6) is -0.769. The van der Waals surface area contributed by atoms with Crippen LogP contribution < -0.4 is 5.32 Å². The summed E-state index contributed by atoms with van der Waals surface area (Å²) in [5, 5.41) is 3.13. The van der Waals surface area contributed by atoms with Crippen molar-refractivity contribution >= 4 is 33.4 Å². The third-order valence-corrected chi connectivity index (χ3v) is 7.07. The second-order valence-corrected chi connectivity index (χ2v) is 9.72. The van der Waals surface area contributed by atoms with Crippen LogP contribution in [0.15, 0.2) is 53.4 Å². The minimum Gasteiger partial charge on any atom is -0.355 e. The lowest BCUT2D eigenvalue weighted by atomic mass is 10.1. The van der Waals surface area contributed by atoms with E-state index >= 15 is 0 Å². The van der Waals surface area contributed by atoms with Gasteiger partial charge in [-0.25, -0.2) is 8.42 Å². The quantitative estimate of drug-likeness (QED) is 0.617. The maximum Gasteiger partial charge on any atom is 0.243 e. The van der Waals surface area contributed by atoms with E-state index < -0.39 is 28.5 Å². The molecule has 0 aliphatic heterocycles. The molecule has 0 saturated carbocycles. The summed E-state index contributed by atoms with van der Waals surface area (Å²) in [5.41, 5.74) is 1.86. The fourth-order valence-electron chi connectivity index (χ4n) is 3.03. The lowest BCUT2D eigenvalue weighted by Crippen LogP contribution is -2.50. The number of hydrogen-bond donors (Lipinski definition) is 1. The monoisotopic (exact) mass is 465 g/mol. The van der Waals surface area contributed by atoms with Crippen molar-refractivity contribution in [2.75, 3.05) is 20.1 Å². The number of sulfonamides is 1. The van der Waals surface area contributed by atoms with Gasteiger partial charge in [-0.15, -0.1) is 0 Å². The van der Waals surface area contributed by atoms with Crippen LogP contribution in [0.4, 0.5) is 0 Å². The van der Waals surface area contributed by atoms with E-state index in [0.29, 0.717) is 11.6 Å². The van der Waals surface area contributed by atoms with Crippen molar-refractivity contribution in [1.29, 1.82) is 0 Å². The second-order valence-electron chi connectivity index (χ2n) is 7.23. The molecule has 2 amide bonds. The zero-order valence-electron chi connectivity index (χ0n) is 18.1. The number of rotatable bonds is 9. The molecule has 2 aromatic carbocycles. The van der Waals surface area contributed by atoms with E-state index in [2.05, 4.69) is 5.32 Å². The summed E-state index contributed by atoms with van der Waals surface area (Å²) < 4.78 is 26.7. The predicted octanol–water partition coefficient (Wildman–Crippen LogP) is 2.82. The Kier molecular flexibility index (Phi) is 8.61. The van der Waals surface area contributed by atoms with Crippen LogP contribution >= 0.6 is 11.6 Å². The van der Waals surface area contributed by atoms with Crippen LogP contribution in [0.3, 0.4) is 0 Å². The lowest BCUT2D eigenvalue weighted by Gasteiger charge is -2.30. The maximum atomic E-state index is 13.2. The van der Waals surface area contributed by atoms with Gasteiger partial charge in [0.15, 0.2) is 0 Å². The van der Waals surface area contributed by atoms with Crippen molar-refractivity contribution < 1.29 is 18.0 Å². The van der Waals surface area contributed by atoms with Gasteiger partial charge in [-0.1, -0.05) is 35.9 Å². The van der Waals surface area contributed by atoms with Crippen LogP contribution in [0.1, 0.15) is 25.0 Å². The Morgan fingerprint density at radius 2 is 1.71 bits per heavy atom. The Bertz CT molecular complexity index is 1030. The number of likely N-dealkylation sites (N-methyl/N-ethyl adjacent to an activating group) is 2. The van der Waals surface area contributed by atoms with Gasteiger partial charge in [0, 0.05) is 25.2 Å². The van der Waals surface area contributed by atoms with E-state index in [1.54, 1.807) is 13.8 Å². The summed E-state index contributed by atoms with van der Waals surface area (Å²) in [6.45, 7) is 5.57. The summed E-state index contributed by atoms with van der Waals surface area (Å²) in [6.07, 6.45) is 0. The van der Waals surface area contributed by atoms with Crippen LogP contribution in [-0.2, 0) is 26.2 Å². The molecule has 0 fully saturated rings. The fourth-order valence-corrected chi connectivity index (χ4v) is 4.27. The first kappa shape index (κ1) is 24.8. The van der Waals surface area contributed by atoms with Gasteiger partial charge in [0.05, 0.1) is 11.4 Å². The number of nitrogens with one attached hydrogen (secondary N) is 1. The van der Waals surface area contributed by atoms with Gasteiger partial charge in [0.1, 0.15) is 6.04 Å². The molecule has 0 aliphatic carbocycles. The smallest absolute Gasteiger partial charge is 0.243 e. The van der Waals surface area contributed by atoms with Crippen LogP contribution in [0.5, 0.6) is 0 Å². The highest BCUT2D eigenvalue weighted by atomic mass is 35.5. The fraction of sp³-hybridized carbons (Fsp3) is 0.364. The number of nitrogens with zero attached hydrogens (tertiary/aromatic N) is 2. The number of halogens is 1. The summed E-state index contributed by atoms with van der Waals surface area (Å²) in [6, 6.07) is 12.5. The Morgan fingerprint density at radius 3 is 2.29 bits per heavy atom. The average Bonchev–Trinajstić information content (AvgIpc) is 2.73.